The quantitative estimate of drug-likeness (QED) is 0.667. The molecule has 0 aliphatic heterocycles. The molecule has 0 amide bonds. The number of nitrogens with zero attached hydrogens (tertiary/aromatic N) is 1. The van der Waals surface area contributed by atoms with Crippen LogP contribution < -0.4 is 10.2 Å². The summed E-state index contributed by atoms with van der Waals surface area (Å²) in [6.45, 7) is -0.185. The summed E-state index contributed by atoms with van der Waals surface area (Å²) in [5.41, 5.74) is -0.631. The molecule has 2 aromatic rings. The Hall–Kier alpha value is -1.90. The fraction of sp³-hybridized carbons (Fsp3) is 0.111. The van der Waals surface area contributed by atoms with Gasteiger partial charge in [-0.3, -0.25) is 4.79 Å². The van der Waals surface area contributed by atoms with Gasteiger partial charge >= 0.3 is 4.87 Å². The molecule has 0 saturated carbocycles. The molecule has 2 N–H and O–H groups in total. The minimum Gasteiger partial charge on any atom is -0.374 e. The second kappa shape index (κ2) is 4.77. The van der Waals surface area contributed by atoms with Gasteiger partial charge in [-0.25, -0.2) is 0 Å². The predicted octanol–water partition coefficient (Wildman–Crippen LogP) is 2.00. The van der Waals surface area contributed by atoms with Crippen LogP contribution in [0.15, 0.2) is 10.2 Å². The number of aromatic amines is 1. The highest BCUT2D eigenvalue weighted by Gasteiger charge is 2.20. The van der Waals surface area contributed by atoms with Crippen LogP contribution >= 0.6 is 11.3 Å². The Morgan fingerprint density at radius 3 is 2.33 bits per heavy atom. The van der Waals surface area contributed by atoms with Crippen LogP contribution in [0.5, 0.6) is 0 Å². The highest BCUT2D eigenvalue weighted by atomic mass is 32.1. The Bertz CT molecular complexity index is 613. The van der Waals surface area contributed by atoms with Crippen molar-refractivity contribution in [2.45, 2.75) is 6.54 Å². The number of thiazole rings is 1. The maximum absolute atomic E-state index is 13.2. The third-order valence-electron chi connectivity index (χ3n) is 2.02. The molecule has 2 rings (SSSR count). The van der Waals surface area contributed by atoms with Crippen LogP contribution in [0.1, 0.15) is 5.69 Å². The summed E-state index contributed by atoms with van der Waals surface area (Å²) in [6, 6.07) is 0. The predicted molar refractivity (Wildman–Crippen MR) is 56.3 cm³/mol. The number of hydrogen-bond acceptors (Lipinski definition) is 4. The van der Waals surface area contributed by atoms with Gasteiger partial charge in [0.2, 0.25) is 11.6 Å². The Kier molecular flexibility index (Phi) is 3.32. The zero-order valence-corrected chi connectivity index (χ0v) is 9.38. The van der Waals surface area contributed by atoms with Crippen LogP contribution in [-0.2, 0) is 6.54 Å². The van der Waals surface area contributed by atoms with Gasteiger partial charge in [0, 0.05) is 11.1 Å². The van der Waals surface area contributed by atoms with Gasteiger partial charge in [-0.15, -0.1) is 0 Å². The average Bonchev–Trinajstić information content (AvgIpc) is 2.73. The van der Waals surface area contributed by atoms with Gasteiger partial charge in [-0.05, 0) is 0 Å². The lowest BCUT2D eigenvalue weighted by Gasteiger charge is -2.08. The van der Waals surface area contributed by atoms with E-state index < -0.39 is 29.2 Å². The van der Waals surface area contributed by atoms with Crippen LogP contribution in [0.25, 0.3) is 0 Å². The number of pyridine rings is 1. The summed E-state index contributed by atoms with van der Waals surface area (Å²) >= 11 is 0.855. The normalized spacial score (nSPS) is 10.7. The first-order valence-corrected chi connectivity index (χ1v) is 5.47. The van der Waals surface area contributed by atoms with Crippen molar-refractivity contribution in [2.75, 3.05) is 5.32 Å². The molecular formula is C9H5F4N3OS. The fourth-order valence-electron chi connectivity index (χ4n) is 1.23. The van der Waals surface area contributed by atoms with Crippen molar-refractivity contribution in [3.63, 3.8) is 0 Å². The smallest absolute Gasteiger partial charge is 0.304 e. The van der Waals surface area contributed by atoms with Gasteiger partial charge in [-0.2, -0.15) is 22.5 Å². The van der Waals surface area contributed by atoms with E-state index in [9.17, 15) is 22.4 Å². The molecule has 4 nitrogen and oxygen atoms in total. The highest BCUT2D eigenvalue weighted by Crippen LogP contribution is 2.22. The Balaban J connectivity index is 2.26. The molecule has 0 spiro atoms. The molecule has 0 unspecified atom stereocenters. The van der Waals surface area contributed by atoms with Gasteiger partial charge in [-0.1, -0.05) is 11.3 Å². The largest absolute Gasteiger partial charge is 0.374 e. The van der Waals surface area contributed by atoms with Crippen molar-refractivity contribution >= 4 is 17.0 Å². The third kappa shape index (κ3) is 2.35. The van der Waals surface area contributed by atoms with E-state index in [1.807, 2.05) is 0 Å². The molecule has 0 atom stereocenters. The Morgan fingerprint density at radius 2 is 1.83 bits per heavy atom. The van der Waals surface area contributed by atoms with Crippen molar-refractivity contribution in [2.24, 2.45) is 0 Å². The topological polar surface area (TPSA) is 57.8 Å². The molecule has 0 radical (unpaired) electrons. The highest BCUT2D eigenvalue weighted by molar-refractivity contribution is 7.07. The van der Waals surface area contributed by atoms with E-state index in [4.69, 9.17) is 0 Å². The standard InChI is InChI=1S/C9H5F4N3OS/c10-4-6(5(11)8(13)16-7(4)12)14-1-3-2-18-9(17)15-3/h2H,1H2,(H,14,16)(H,15,17). The van der Waals surface area contributed by atoms with E-state index in [0.717, 1.165) is 11.3 Å². The van der Waals surface area contributed by atoms with Gasteiger partial charge in [0.25, 0.3) is 11.9 Å². The molecule has 0 saturated heterocycles. The number of rotatable bonds is 3. The van der Waals surface area contributed by atoms with Crippen molar-refractivity contribution in [1.82, 2.24) is 9.97 Å². The molecule has 2 heterocycles. The first-order valence-electron chi connectivity index (χ1n) is 4.59. The first kappa shape index (κ1) is 12.6. The van der Waals surface area contributed by atoms with E-state index in [1.54, 1.807) is 0 Å². The van der Waals surface area contributed by atoms with Crippen LogP contribution in [-0.4, -0.2) is 9.97 Å². The van der Waals surface area contributed by atoms with Gasteiger partial charge in [0.1, 0.15) is 5.69 Å². The van der Waals surface area contributed by atoms with Crippen molar-refractivity contribution in [1.29, 1.82) is 0 Å². The Morgan fingerprint density at radius 1 is 1.22 bits per heavy atom. The second-order valence-electron chi connectivity index (χ2n) is 3.22. The number of nitrogens with one attached hydrogen (secondary N) is 2. The molecular weight excluding hydrogens is 274 g/mol. The summed E-state index contributed by atoms with van der Waals surface area (Å²) < 4.78 is 51.9. The molecule has 9 heteroatoms. The lowest BCUT2D eigenvalue weighted by molar-refractivity contribution is 0.410. The van der Waals surface area contributed by atoms with E-state index in [2.05, 4.69) is 15.3 Å². The zero-order chi connectivity index (χ0) is 13.3. The maximum Gasteiger partial charge on any atom is 0.304 e. The average molecular weight is 279 g/mol. The molecule has 0 aliphatic carbocycles. The molecule has 0 aliphatic rings. The van der Waals surface area contributed by atoms with Crippen LogP contribution in [0.3, 0.4) is 0 Å². The molecule has 18 heavy (non-hydrogen) atoms. The van der Waals surface area contributed by atoms with Crippen LogP contribution in [0.4, 0.5) is 23.2 Å². The minimum atomic E-state index is -1.74. The van der Waals surface area contributed by atoms with Crippen molar-refractivity contribution in [3.8, 4) is 0 Å². The van der Waals surface area contributed by atoms with Gasteiger partial charge < -0.3 is 10.3 Å². The SMILES string of the molecule is O=c1[nH]c(CNc2c(F)c(F)nc(F)c2F)cs1. The summed E-state index contributed by atoms with van der Waals surface area (Å²) in [5, 5.41) is 3.57. The number of anilines is 1. The van der Waals surface area contributed by atoms with E-state index in [-0.39, 0.29) is 11.4 Å². The van der Waals surface area contributed by atoms with Crippen molar-refractivity contribution < 1.29 is 17.6 Å². The number of halogens is 4. The minimum absolute atomic E-state index is 0.185. The lowest BCUT2D eigenvalue weighted by atomic mass is 10.3. The maximum atomic E-state index is 13.2. The first-order chi connectivity index (χ1) is 8.49. The van der Waals surface area contributed by atoms with E-state index in [0.29, 0.717) is 5.69 Å². The second-order valence-corrected chi connectivity index (χ2v) is 4.07. The lowest BCUT2D eigenvalue weighted by Crippen LogP contribution is -2.10. The molecule has 2 aromatic heterocycles. The van der Waals surface area contributed by atoms with Crippen LogP contribution in [0, 0.1) is 23.5 Å². The monoisotopic (exact) mass is 279 g/mol. The Labute approximate surface area is 101 Å². The van der Waals surface area contributed by atoms with E-state index in [1.165, 1.54) is 5.38 Å². The summed E-state index contributed by atoms with van der Waals surface area (Å²) in [7, 11) is 0. The molecule has 96 valence electrons. The molecule has 0 fully saturated rings. The zero-order valence-electron chi connectivity index (χ0n) is 8.56. The van der Waals surface area contributed by atoms with Gasteiger partial charge in [0.15, 0.2) is 0 Å². The number of hydrogen-bond donors (Lipinski definition) is 2. The summed E-state index contributed by atoms with van der Waals surface area (Å²) in [5.74, 6) is -6.72. The molecule has 0 aromatic carbocycles. The van der Waals surface area contributed by atoms with Crippen molar-refractivity contribution in [3.05, 3.63) is 44.3 Å². The van der Waals surface area contributed by atoms with Crippen LogP contribution in [0.2, 0.25) is 0 Å². The summed E-state index contributed by atoms with van der Waals surface area (Å²) in [4.78, 5) is 15.2. The number of aromatic nitrogens is 2. The summed E-state index contributed by atoms with van der Waals surface area (Å²) in [6.07, 6.45) is 0. The molecule has 0 bridgehead atoms. The third-order valence-corrected chi connectivity index (χ3v) is 2.74. The fourth-order valence-corrected chi connectivity index (χ4v) is 1.81. The van der Waals surface area contributed by atoms with Gasteiger partial charge in [0.05, 0.1) is 6.54 Å². The number of H-pyrrole nitrogens is 1. The van der Waals surface area contributed by atoms with E-state index >= 15 is 0 Å².